The molecule has 0 aliphatic heterocycles. The van der Waals surface area contributed by atoms with Crippen molar-refractivity contribution in [3.8, 4) is 0 Å². The van der Waals surface area contributed by atoms with Crippen LogP contribution in [0, 0.1) is 5.82 Å². The maximum Gasteiger partial charge on any atom is 0.246 e. The quantitative estimate of drug-likeness (QED) is 0.760. The molecule has 0 aliphatic carbocycles. The summed E-state index contributed by atoms with van der Waals surface area (Å²) in [7, 11) is 0. The lowest BCUT2D eigenvalue weighted by molar-refractivity contribution is -0.127. The van der Waals surface area contributed by atoms with Gasteiger partial charge in [-0.25, -0.2) is 4.39 Å². The lowest BCUT2D eigenvalue weighted by Gasteiger charge is -2.21. The van der Waals surface area contributed by atoms with E-state index in [1.807, 2.05) is 30.3 Å². The average Bonchev–Trinajstić information content (AvgIpc) is 2.49. The van der Waals surface area contributed by atoms with E-state index in [4.69, 9.17) is 0 Å². The third kappa shape index (κ3) is 3.54. The second-order valence-electron chi connectivity index (χ2n) is 4.48. The van der Waals surface area contributed by atoms with Gasteiger partial charge in [0.2, 0.25) is 5.91 Å². The number of hydrogen-bond donors (Lipinski definition) is 0. The molecule has 0 heterocycles. The van der Waals surface area contributed by atoms with E-state index in [2.05, 4.69) is 6.58 Å². The second-order valence-corrected chi connectivity index (χ2v) is 4.48. The van der Waals surface area contributed by atoms with Crippen molar-refractivity contribution in [2.45, 2.75) is 13.1 Å². The first kappa shape index (κ1) is 14.0. The normalized spacial score (nSPS) is 10.1. The van der Waals surface area contributed by atoms with Crippen LogP contribution in [0.4, 0.5) is 4.39 Å². The maximum atomic E-state index is 13.7. The zero-order chi connectivity index (χ0) is 14.4. The molecule has 0 bridgehead atoms. The van der Waals surface area contributed by atoms with Crippen molar-refractivity contribution in [3.63, 3.8) is 0 Å². The molecule has 102 valence electrons. The van der Waals surface area contributed by atoms with Crippen LogP contribution < -0.4 is 0 Å². The van der Waals surface area contributed by atoms with E-state index in [1.54, 1.807) is 23.1 Å². The average molecular weight is 269 g/mol. The minimum absolute atomic E-state index is 0.211. The van der Waals surface area contributed by atoms with Gasteiger partial charge in [-0.05, 0) is 17.7 Å². The number of carbonyl (C=O) groups is 1. The van der Waals surface area contributed by atoms with Gasteiger partial charge in [0.05, 0.1) is 0 Å². The minimum atomic E-state index is -0.303. The monoisotopic (exact) mass is 269 g/mol. The molecule has 0 N–H and O–H groups in total. The first-order chi connectivity index (χ1) is 9.70. The summed E-state index contributed by atoms with van der Waals surface area (Å²) >= 11 is 0. The third-order valence-corrected chi connectivity index (χ3v) is 3.02. The highest BCUT2D eigenvalue weighted by molar-refractivity contribution is 5.86. The van der Waals surface area contributed by atoms with Gasteiger partial charge >= 0.3 is 0 Å². The zero-order valence-electron chi connectivity index (χ0n) is 11.1. The summed E-state index contributed by atoms with van der Waals surface area (Å²) in [5.74, 6) is -0.514. The topological polar surface area (TPSA) is 20.3 Å². The van der Waals surface area contributed by atoms with Crippen molar-refractivity contribution in [1.82, 2.24) is 4.90 Å². The molecule has 0 fully saturated rings. The van der Waals surface area contributed by atoms with Crippen molar-refractivity contribution in [2.75, 3.05) is 0 Å². The number of amides is 1. The Morgan fingerprint density at radius 1 is 1.05 bits per heavy atom. The van der Waals surface area contributed by atoms with Crippen LogP contribution >= 0.6 is 0 Å². The fourth-order valence-corrected chi connectivity index (χ4v) is 1.98. The molecule has 1 amide bonds. The van der Waals surface area contributed by atoms with Gasteiger partial charge in [-0.2, -0.15) is 0 Å². The number of nitrogens with zero attached hydrogens (tertiary/aromatic N) is 1. The molecule has 0 spiro atoms. The molecule has 3 heteroatoms. The highest BCUT2D eigenvalue weighted by Gasteiger charge is 2.13. The smallest absolute Gasteiger partial charge is 0.246 e. The lowest BCUT2D eigenvalue weighted by Crippen LogP contribution is -2.28. The highest BCUT2D eigenvalue weighted by atomic mass is 19.1. The SMILES string of the molecule is C=CC(=O)N(Cc1ccccc1)Cc1ccccc1F. The van der Waals surface area contributed by atoms with Crippen LogP contribution in [0.25, 0.3) is 0 Å². The number of carbonyl (C=O) groups excluding carboxylic acids is 1. The Kier molecular flexibility index (Phi) is 4.66. The molecule has 2 rings (SSSR count). The van der Waals surface area contributed by atoms with Gasteiger partial charge < -0.3 is 4.90 Å². The highest BCUT2D eigenvalue weighted by Crippen LogP contribution is 2.13. The van der Waals surface area contributed by atoms with E-state index < -0.39 is 0 Å². The molecule has 0 unspecified atom stereocenters. The number of halogens is 1. The fourth-order valence-electron chi connectivity index (χ4n) is 1.98. The summed E-state index contributed by atoms with van der Waals surface area (Å²) in [6.45, 7) is 4.16. The molecule has 0 saturated heterocycles. The van der Waals surface area contributed by atoms with E-state index >= 15 is 0 Å². The lowest BCUT2D eigenvalue weighted by atomic mass is 10.1. The number of benzene rings is 2. The van der Waals surface area contributed by atoms with Gasteiger partial charge in [-0.15, -0.1) is 0 Å². The Morgan fingerprint density at radius 2 is 1.70 bits per heavy atom. The molecule has 0 radical (unpaired) electrons. The summed E-state index contributed by atoms with van der Waals surface area (Å²) in [5, 5.41) is 0. The first-order valence-electron chi connectivity index (χ1n) is 6.39. The second kappa shape index (κ2) is 6.66. The van der Waals surface area contributed by atoms with Gasteiger partial charge in [0.1, 0.15) is 5.82 Å². The predicted molar refractivity (Wildman–Crippen MR) is 77.3 cm³/mol. The van der Waals surface area contributed by atoms with E-state index in [-0.39, 0.29) is 18.3 Å². The summed E-state index contributed by atoms with van der Waals surface area (Å²) in [4.78, 5) is 13.5. The van der Waals surface area contributed by atoms with E-state index in [1.165, 1.54) is 12.1 Å². The van der Waals surface area contributed by atoms with Gasteiger partial charge in [-0.1, -0.05) is 55.1 Å². The Labute approximate surface area is 118 Å². The Balaban J connectivity index is 2.18. The summed E-state index contributed by atoms with van der Waals surface area (Å²) in [5.41, 5.74) is 1.50. The molecule has 0 aromatic heterocycles. The van der Waals surface area contributed by atoms with Crippen LogP contribution in [0.15, 0.2) is 67.3 Å². The van der Waals surface area contributed by atoms with Crippen LogP contribution in [0.2, 0.25) is 0 Å². The van der Waals surface area contributed by atoms with Crippen LogP contribution in [0.1, 0.15) is 11.1 Å². The molecule has 0 saturated carbocycles. The molecule has 2 nitrogen and oxygen atoms in total. The van der Waals surface area contributed by atoms with E-state index in [0.717, 1.165) is 5.56 Å². The number of hydrogen-bond acceptors (Lipinski definition) is 1. The molecule has 0 aliphatic rings. The van der Waals surface area contributed by atoms with Crippen molar-refractivity contribution < 1.29 is 9.18 Å². The summed E-state index contributed by atoms with van der Waals surface area (Å²) in [6, 6.07) is 16.1. The van der Waals surface area contributed by atoms with Gasteiger partial charge in [0.25, 0.3) is 0 Å². The summed E-state index contributed by atoms with van der Waals surface area (Å²) in [6.07, 6.45) is 1.25. The van der Waals surface area contributed by atoms with Crippen molar-refractivity contribution >= 4 is 5.91 Å². The van der Waals surface area contributed by atoms with Crippen LogP contribution in [0.5, 0.6) is 0 Å². The van der Waals surface area contributed by atoms with Gasteiger partial charge in [0.15, 0.2) is 0 Å². The summed E-state index contributed by atoms with van der Waals surface area (Å²) < 4.78 is 13.7. The molecule has 20 heavy (non-hydrogen) atoms. The number of rotatable bonds is 5. The Bertz CT molecular complexity index is 595. The minimum Gasteiger partial charge on any atom is -0.330 e. The van der Waals surface area contributed by atoms with Crippen molar-refractivity contribution in [1.29, 1.82) is 0 Å². The molecule has 0 atom stereocenters. The Hall–Kier alpha value is -2.42. The molecular formula is C17H16FNO. The predicted octanol–water partition coefficient (Wildman–Crippen LogP) is 3.54. The van der Waals surface area contributed by atoms with E-state index in [0.29, 0.717) is 12.1 Å². The maximum absolute atomic E-state index is 13.7. The molecule has 2 aromatic rings. The largest absolute Gasteiger partial charge is 0.330 e. The van der Waals surface area contributed by atoms with Gasteiger partial charge in [0, 0.05) is 18.7 Å². The third-order valence-electron chi connectivity index (χ3n) is 3.02. The van der Waals surface area contributed by atoms with E-state index in [9.17, 15) is 9.18 Å². The van der Waals surface area contributed by atoms with Crippen molar-refractivity contribution in [3.05, 3.63) is 84.2 Å². The van der Waals surface area contributed by atoms with Crippen LogP contribution in [-0.4, -0.2) is 10.8 Å². The first-order valence-corrected chi connectivity index (χ1v) is 6.39. The van der Waals surface area contributed by atoms with Crippen LogP contribution in [-0.2, 0) is 17.9 Å². The fraction of sp³-hybridized carbons (Fsp3) is 0.118. The molecular weight excluding hydrogens is 253 g/mol. The zero-order valence-corrected chi connectivity index (χ0v) is 11.1. The molecule has 2 aromatic carbocycles. The Morgan fingerprint density at radius 3 is 2.35 bits per heavy atom. The van der Waals surface area contributed by atoms with Gasteiger partial charge in [-0.3, -0.25) is 4.79 Å². The standard InChI is InChI=1S/C17H16FNO/c1-2-17(20)19(12-14-8-4-3-5-9-14)13-15-10-6-7-11-16(15)18/h2-11H,1,12-13H2. The van der Waals surface area contributed by atoms with Crippen LogP contribution in [0.3, 0.4) is 0 Å². The van der Waals surface area contributed by atoms with Crippen molar-refractivity contribution in [2.24, 2.45) is 0 Å².